The van der Waals surface area contributed by atoms with E-state index in [1.165, 1.54) is 5.56 Å². The van der Waals surface area contributed by atoms with Crippen molar-refractivity contribution in [1.29, 1.82) is 0 Å². The van der Waals surface area contributed by atoms with Gasteiger partial charge in [0, 0.05) is 50.4 Å². The molecule has 0 bridgehead atoms. The van der Waals surface area contributed by atoms with Gasteiger partial charge in [0.2, 0.25) is 0 Å². The van der Waals surface area contributed by atoms with Gasteiger partial charge in [-0.25, -0.2) is 9.67 Å². The molecule has 1 N–H and O–H groups in total. The number of hydrogen-bond acceptors (Lipinski definition) is 4. The van der Waals surface area contributed by atoms with Gasteiger partial charge in [0.25, 0.3) is 0 Å². The summed E-state index contributed by atoms with van der Waals surface area (Å²) in [4.78, 5) is 8.44. The predicted molar refractivity (Wildman–Crippen MR) is 79.9 cm³/mol. The van der Waals surface area contributed by atoms with Crippen LogP contribution in [0.3, 0.4) is 0 Å². The molecule has 0 aliphatic carbocycles. The number of aryl methyl sites for hydroxylation is 1. The van der Waals surface area contributed by atoms with Crippen LogP contribution < -0.4 is 5.32 Å². The fraction of sp³-hybridized carbons (Fsp3) is 0.267. The molecule has 1 unspecified atom stereocenters. The lowest BCUT2D eigenvalue weighted by Crippen LogP contribution is -2.26. The molecule has 0 radical (unpaired) electrons. The molecule has 3 aromatic heterocycles. The SMILES string of the molecule is Cn1ccnc1-c1cc2n(n1)CC(c1ccncc1)CN2. The maximum absolute atomic E-state index is 4.69. The molecule has 1 aliphatic heterocycles. The van der Waals surface area contributed by atoms with Gasteiger partial charge in [-0.3, -0.25) is 4.98 Å². The Morgan fingerprint density at radius 2 is 2.10 bits per heavy atom. The minimum atomic E-state index is 0.412. The van der Waals surface area contributed by atoms with Crippen LogP contribution >= 0.6 is 0 Å². The number of nitrogens with one attached hydrogen (secondary N) is 1. The molecule has 4 rings (SSSR count). The molecule has 0 amide bonds. The van der Waals surface area contributed by atoms with Crippen LogP contribution in [0.2, 0.25) is 0 Å². The summed E-state index contributed by atoms with van der Waals surface area (Å²) in [6.07, 6.45) is 7.41. The van der Waals surface area contributed by atoms with E-state index in [0.29, 0.717) is 5.92 Å². The van der Waals surface area contributed by atoms with Crippen LogP contribution in [-0.2, 0) is 13.6 Å². The maximum atomic E-state index is 4.69. The number of anilines is 1. The van der Waals surface area contributed by atoms with Gasteiger partial charge in [-0.15, -0.1) is 0 Å². The largest absolute Gasteiger partial charge is 0.370 e. The minimum absolute atomic E-state index is 0.412. The first-order chi connectivity index (χ1) is 10.3. The Labute approximate surface area is 122 Å². The highest BCUT2D eigenvalue weighted by Gasteiger charge is 2.22. The van der Waals surface area contributed by atoms with Crippen molar-refractivity contribution in [2.24, 2.45) is 7.05 Å². The third kappa shape index (κ3) is 2.08. The van der Waals surface area contributed by atoms with E-state index in [-0.39, 0.29) is 0 Å². The molecular weight excluding hydrogens is 264 g/mol. The summed E-state index contributed by atoms with van der Waals surface area (Å²) in [7, 11) is 1.98. The average molecular weight is 280 g/mol. The van der Waals surface area contributed by atoms with E-state index in [9.17, 15) is 0 Å². The Balaban J connectivity index is 1.65. The normalized spacial score (nSPS) is 17.3. The molecule has 0 spiro atoms. The Morgan fingerprint density at radius 1 is 1.24 bits per heavy atom. The summed E-state index contributed by atoms with van der Waals surface area (Å²) in [5, 5.41) is 8.14. The Morgan fingerprint density at radius 3 is 2.86 bits per heavy atom. The van der Waals surface area contributed by atoms with Crippen LogP contribution in [0.25, 0.3) is 11.5 Å². The predicted octanol–water partition coefficient (Wildman–Crippen LogP) is 1.89. The number of fused-ring (bicyclic) bond motifs is 1. The lowest BCUT2D eigenvalue weighted by Gasteiger charge is -2.24. The highest BCUT2D eigenvalue weighted by molar-refractivity contribution is 5.57. The number of rotatable bonds is 2. The lowest BCUT2D eigenvalue weighted by atomic mass is 9.99. The molecule has 0 aromatic carbocycles. The van der Waals surface area contributed by atoms with Crippen LogP contribution in [0.5, 0.6) is 0 Å². The Kier molecular flexibility index (Phi) is 2.73. The molecular formula is C15H16N6. The van der Waals surface area contributed by atoms with Crippen molar-refractivity contribution in [1.82, 2.24) is 24.3 Å². The van der Waals surface area contributed by atoms with Gasteiger partial charge in [-0.05, 0) is 17.7 Å². The van der Waals surface area contributed by atoms with Crippen molar-refractivity contribution in [3.63, 3.8) is 0 Å². The first-order valence-corrected chi connectivity index (χ1v) is 7.00. The Bertz CT molecular complexity index is 758. The molecule has 106 valence electrons. The Hall–Kier alpha value is -2.63. The van der Waals surface area contributed by atoms with Crippen LogP contribution in [0.15, 0.2) is 43.0 Å². The zero-order chi connectivity index (χ0) is 14.2. The van der Waals surface area contributed by atoms with E-state index in [1.807, 2.05) is 34.9 Å². The molecule has 3 aromatic rings. The summed E-state index contributed by atoms with van der Waals surface area (Å²) >= 11 is 0. The van der Waals surface area contributed by atoms with E-state index in [2.05, 4.69) is 38.6 Å². The fourth-order valence-corrected chi connectivity index (χ4v) is 2.78. The van der Waals surface area contributed by atoms with Crippen molar-refractivity contribution < 1.29 is 0 Å². The highest BCUT2D eigenvalue weighted by atomic mass is 15.4. The summed E-state index contributed by atoms with van der Waals surface area (Å²) in [5.41, 5.74) is 2.19. The number of hydrogen-bond donors (Lipinski definition) is 1. The summed E-state index contributed by atoms with van der Waals surface area (Å²) in [6, 6.07) is 6.20. The standard InChI is InChI=1S/C15H16N6/c1-20-7-6-17-15(20)13-8-14-18-9-12(10-21(14)19-13)11-2-4-16-5-3-11/h2-8,12,18H,9-10H2,1H3. The first-order valence-electron chi connectivity index (χ1n) is 7.00. The minimum Gasteiger partial charge on any atom is -0.370 e. The molecule has 6 nitrogen and oxygen atoms in total. The van der Waals surface area contributed by atoms with Crippen LogP contribution in [-0.4, -0.2) is 30.9 Å². The summed E-state index contributed by atoms with van der Waals surface area (Å²) in [5.74, 6) is 2.35. The molecule has 4 heterocycles. The van der Waals surface area contributed by atoms with Gasteiger partial charge in [0.05, 0.1) is 6.54 Å². The summed E-state index contributed by atoms with van der Waals surface area (Å²) in [6.45, 7) is 1.78. The molecule has 21 heavy (non-hydrogen) atoms. The molecule has 0 saturated heterocycles. The average Bonchev–Trinajstić information content (AvgIpc) is 3.12. The van der Waals surface area contributed by atoms with E-state index >= 15 is 0 Å². The van der Waals surface area contributed by atoms with Gasteiger partial charge in [-0.2, -0.15) is 5.10 Å². The van der Waals surface area contributed by atoms with Crippen molar-refractivity contribution >= 4 is 5.82 Å². The van der Waals surface area contributed by atoms with Gasteiger partial charge in [0.15, 0.2) is 5.82 Å². The number of nitrogens with zero attached hydrogens (tertiary/aromatic N) is 5. The highest BCUT2D eigenvalue weighted by Crippen LogP contribution is 2.28. The monoisotopic (exact) mass is 280 g/mol. The number of imidazole rings is 1. The molecule has 6 heteroatoms. The molecule has 1 atom stereocenters. The summed E-state index contributed by atoms with van der Waals surface area (Å²) < 4.78 is 4.01. The lowest BCUT2D eigenvalue weighted by molar-refractivity contribution is 0.506. The van der Waals surface area contributed by atoms with E-state index in [4.69, 9.17) is 0 Å². The smallest absolute Gasteiger partial charge is 0.160 e. The van der Waals surface area contributed by atoms with Gasteiger partial charge in [-0.1, -0.05) is 0 Å². The molecule has 0 fully saturated rings. The van der Waals surface area contributed by atoms with Crippen molar-refractivity contribution in [2.75, 3.05) is 11.9 Å². The quantitative estimate of drug-likeness (QED) is 0.778. The zero-order valence-electron chi connectivity index (χ0n) is 11.8. The third-order valence-corrected chi connectivity index (χ3v) is 3.93. The van der Waals surface area contributed by atoms with E-state index in [0.717, 1.165) is 30.4 Å². The van der Waals surface area contributed by atoms with Crippen LogP contribution in [0.4, 0.5) is 5.82 Å². The maximum Gasteiger partial charge on any atom is 0.160 e. The molecule has 1 aliphatic rings. The second-order valence-electron chi connectivity index (χ2n) is 5.32. The second-order valence-corrected chi connectivity index (χ2v) is 5.32. The number of aromatic nitrogens is 5. The van der Waals surface area contributed by atoms with Gasteiger partial charge < -0.3 is 9.88 Å². The zero-order valence-corrected chi connectivity index (χ0v) is 11.8. The van der Waals surface area contributed by atoms with Gasteiger partial charge >= 0.3 is 0 Å². The van der Waals surface area contributed by atoms with Crippen LogP contribution in [0, 0.1) is 0 Å². The first kappa shape index (κ1) is 12.1. The van der Waals surface area contributed by atoms with E-state index in [1.54, 1.807) is 6.20 Å². The number of pyridine rings is 1. The van der Waals surface area contributed by atoms with Gasteiger partial charge in [0.1, 0.15) is 11.5 Å². The van der Waals surface area contributed by atoms with Crippen molar-refractivity contribution in [2.45, 2.75) is 12.5 Å². The van der Waals surface area contributed by atoms with Crippen molar-refractivity contribution in [3.8, 4) is 11.5 Å². The fourth-order valence-electron chi connectivity index (χ4n) is 2.78. The van der Waals surface area contributed by atoms with E-state index < -0.39 is 0 Å². The topological polar surface area (TPSA) is 60.6 Å². The van der Waals surface area contributed by atoms with Crippen LogP contribution in [0.1, 0.15) is 11.5 Å². The van der Waals surface area contributed by atoms with Crippen molar-refractivity contribution in [3.05, 3.63) is 48.5 Å². The second kappa shape index (κ2) is 4.73. The third-order valence-electron chi connectivity index (χ3n) is 3.93. The molecule has 0 saturated carbocycles.